The van der Waals surface area contributed by atoms with Crippen LogP contribution in [0.25, 0.3) is 44.2 Å². The van der Waals surface area contributed by atoms with E-state index in [9.17, 15) is 0 Å². The Labute approximate surface area is 215 Å². The summed E-state index contributed by atoms with van der Waals surface area (Å²) >= 11 is 6.26. The third-order valence-corrected chi connectivity index (χ3v) is 8.41. The largest absolute Gasteiger partial charge is 0.0843 e. The first-order valence-corrected chi connectivity index (χ1v) is 12.8. The summed E-state index contributed by atoms with van der Waals surface area (Å²) in [4.78, 5) is 0. The van der Waals surface area contributed by atoms with Crippen LogP contribution in [0.4, 0.5) is 0 Å². The van der Waals surface area contributed by atoms with Gasteiger partial charge in [-0.25, -0.2) is 0 Å². The van der Waals surface area contributed by atoms with Gasteiger partial charge in [-0.1, -0.05) is 127 Å². The predicted molar refractivity (Wildman–Crippen MR) is 151 cm³/mol. The molecule has 0 amide bonds. The molecule has 0 bridgehead atoms. The number of hydrogen-bond acceptors (Lipinski definition) is 0. The number of benzene rings is 6. The Kier molecular flexibility index (Phi) is 4.02. The highest BCUT2D eigenvalue weighted by atomic mass is 35.5. The van der Waals surface area contributed by atoms with Crippen molar-refractivity contribution in [3.63, 3.8) is 0 Å². The van der Waals surface area contributed by atoms with Gasteiger partial charge in [-0.05, 0) is 78.5 Å². The second-order valence-corrected chi connectivity index (χ2v) is 10.2. The zero-order valence-corrected chi connectivity index (χ0v) is 20.3. The summed E-state index contributed by atoms with van der Waals surface area (Å²) in [7, 11) is 0. The van der Waals surface area contributed by atoms with Crippen LogP contribution in [0.2, 0.25) is 5.02 Å². The highest BCUT2D eigenvalue weighted by Gasteiger charge is 2.52. The molecule has 1 unspecified atom stereocenters. The van der Waals surface area contributed by atoms with Crippen LogP contribution in [0.3, 0.4) is 0 Å². The summed E-state index contributed by atoms with van der Waals surface area (Å²) < 4.78 is 0. The van der Waals surface area contributed by atoms with Crippen LogP contribution in [0.5, 0.6) is 0 Å². The van der Waals surface area contributed by atoms with E-state index < -0.39 is 0 Å². The Balaban J connectivity index is 1.56. The average Bonchev–Trinajstić information content (AvgIpc) is 3.41. The molecule has 168 valence electrons. The van der Waals surface area contributed by atoms with Gasteiger partial charge in [0, 0.05) is 5.02 Å². The molecule has 0 saturated heterocycles. The van der Waals surface area contributed by atoms with Crippen LogP contribution in [0, 0.1) is 0 Å². The monoisotopic (exact) mass is 476 g/mol. The molecule has 6 aromatic rings. The molecule has 2 aliphatic carbocycles. The van der Waals surface area contributed by atoms with Gasteiger partial charge in [-0.2, -0.15) is 0 Å². The predicted octanol–water partition coefficient (Wildman–Crippen LogP) is 9.50. The second-order valence-electron chi connectivity index (χ2n) is 9.79. The van der Waals surface area contributed by atoms with Crippen LogP contribution in [0.15, 0.2) is 127 Å². The highest BCUT2D eigenvalue weighted by molar-refractivity contribution is 6.30. The summed E-state index contributed by atoms with van der Waals surface area (Å²) in [6.45, 7) is 0. The highest BCUT2D eigenvalue weighted by Crippen LogP contribution is 2.64. The Morgan fingerprint density at radius 1 is 0.417 bits per heavy atom. The number of fused-ring (bicyclic) bond motifs is 12. The molecular formula is C35H21Cl. The Bertz CT molecular complexity index is 1840. The van der Waals surface area contributed by atoms with Crippen molar-refractivity contribution in [1.82, 2.24) is 0 Å². The van der Waals surface area contributed by atoms with Gasteiger partial charge in [0.05, 0.1) is 5.41 Å². The molecule has 0 heterocycles. The number of halogens is 1. The zero-order valence-electron chi connectivity index (χ0n) is 19.5. The molecule has 0 fully saturated rings. The first-order chi connectivity index (χ1) is 17.8. The van der Waals surface area contributed by atoms with Crippen molar-refractivity contribution in [2.75, 3.05) is 0 Å². The Morgan fingerprint density at radius 2 is 1.00 bits per heavy atom. The maximum absolute atomic E-state index is 6.26. The molecule has 0 saturated carbocycles. The van der Waals surface area contributed by atoms with Crippen molar-refractivity contribution < 1.29 is 0 Å². The molecule has 0 N–H and O–H groups in total. The van der Waals surface area contributed by atoms with E-state index in [1.165, 1.54) is 66.4 Å². The molecule has 1 spiro atoms. The van der Waals surface area contributed by atoms with E-state index in [-0.39, 0.29) is 5.41 Å². The number of hydrogen-bond donors (Lipinski definition) is 0. The molecule has 6 aromatic carbocycles. The van der Waals surface area contributed by atoms with E-state index in [4.69, 9.17) is 11.6 Å². The fraction of sp³-hybridized carbons (Fsp3) is 0.0286. The molecule has 36 heavy (non-hydrogen) atoms. The van der Waals surface area contributed by atoms with E-state index in [1.54, 1.807) is 0 Å². The van der Waals surface area contributed by atoms with Gasteiger partial charge in [0.2, 0.25) is 0 Å². The summed E-state index contributed by atoms with van der Waals surface area (Å²) in [5.41, 5.74) is 12.9. The molecular weight excluding hydrogens is 456 g/mol. The SMILES string of the molecule is Clc1ccc(-c2cccc3c2-c2ccccc2C32c3ccccc3-c3c2ccc2ccccc32)cc1. The molecule has 0 nitrogen and oxygen atoms in total. The third-order valence-electron chi connectivity index (χ3n) is 8.16. The van der Waals surface area contributed by atoms with Gasteiger partial charge < -0.3 is 0 Å². The maximum Gasteiger partial charge on any atom is 0.0725 e. The zero-order chi connectivity index (χ0) is 23.9. The summed E-state index contributed by atoms with van der Waals surface area (Å²) in [6, 6.07) is 46.5. The molecule has 8 rings (SSSR count). The lowest BCUT2D eigenvalue weighted by atomic mass is 9.70. The van der Waals surface area contributed by atoms with Crippen LogP contribution >= 0.6 is 11.6 Å². The van der Waals surface area contributed by atoms with Crippen LogP contribution in [0.1, 0.15) is 22.3 Å². The molecule has 1 atom stereocenters. The van der Waals surface area contributed by atoms with E-state index in [0.717, 1.165) is 5.02 Å². The Hall–Kier alpha value is -4.13. The summed E-state index contributed by atoms with van der Waals surface area (Å²) in [6.07, 6.45) is 0. The molecule has 0 radical (unpaired) electrons. The minimum absolute atomic E-state index is 0.343. The van der Waals surface area contributed by atoms with Gasteiger partial charge >= 0.3 is 0 Å². The van der Waals surface area contributed by atoms with Gasteiger partial charge in [-0.3, -0.25) is 0 Å². The average molecular weight is 477 g/mol. The summed E-state index contributed by atoms with van der Waals surface area (Å²) in [5, 5.41) is 3.36. The molecule has 2 aliphatic rings. The van der Waals surface area contributed by atoms with Crippen LogP contribution in [-0.4, -0.2) is 0 Å². The van der Waals surface area contributed by atoms with Crippen LogP contribution in [-0.2, 0) is 5.41 Å². The summed E-state index contributed by atoms with van der Waals surface area (Å²) in [5.74, 6) is 0. The molecule has 0 aliphatic heterocycles. The lowest BCUT2D eigenvalue weighted by molar-refractivity contribution is 0.794. The smallest absolute Gasteiger partial charge is 0.0725 e. The van der Waals surface area contributed by atoms with E-state index in [0.29, 0.717) is 0 Å². The maximum atomic E-state index is 6.26. The standard InChI is InChI=1S/C35H21Cl/c36-24-19-16-23(17-20-24)26-12-7-15-31-33(26)27-10-3-5-13-29(27)35(31)30-14-6-4-11-28(30)34-25-9-2-1-8-22(25)18-21-32(34)35/h1-21H. The fourth-order valence-corrected chi connectivity index (χ4v) is 6.95. The van der Waals surface area contributed by atoms with Gasteiger partial charge in [0.1, 0.15) is 0 Å². The quantitative estimate of drug-likeness (QED) is 0.221. The normalized spacial score (nSPS) is 16.6. The molecule has 0 aromatic heterocycles. The number of rotatable bonds is 1. The van der Waals surface area contributed by atoms with Crippen molar-refractivity contribution in [1.29, 1.82) is 0 Å². The van der Waals surface area contributed by atoms with E-state index in [1.807, 2.05) is 12.1 Å². The second kappa shape index (κ2) is 7.20. The lowest BCUT2D eigenvalue weighted by Crippen LogP contribution is -2.25. The topological polar surface area (TPSA) is 0 Å². The lowest BCUT2D eigenvalue weighted by Gasteiger charge is -2.30. The van der Waals surface area contributed by atoms with Crippen molar-refractivity contribution >= 4 is 22.4 Å². The van der Waals surface area contributed by atoms with Crippen molar-refractivity contribution in [2.45, 2.75) is 5.41 Å². The van der Waals surface area contributed by atoms with E-state index in [2.05, 4.69) is 115 Å². The Morgan fingerprint density at radius 3 is 1.78 bits per heavy atom. The van der Waals surface area contributed by atoms with E-state index >= 15 is 0 Å². The van der Waals surface area contributed by atoms with Gasteiger partial charge in [-0.15, -0.1) is 0 Å². The minimum Gasteiger partial charge on any atom is -0.0843 e. The fourth-order valence-electron chi connectivity index (χ4n) is 6.83. The van der Waals surface area contributed by atoms with Crippen molar-refractivity contribution in [3.05, 3.63) is 155 Å². The van der Waals surface area contributed by atoms with Crippen molar-refractivity contribution in [2.24, 2.45) is 0 Å². The van der Waals surface area contributed by atoms with Gasteiger partial charge in [0.25, 0.3) is 0 Å². The third kappa shape index (κ3) is 2.40. The van der Waals surface area contributed by atoms with Gasteiger partial charge in [0.15, 0.2) is 0 Å². The first kappa shape index (κ1) is 20.1. The first-order valence-electron chi connectivity index (χ1n) is 12.4. The minimum atomic E-state index is -0.343. The molecule has 1 heteroatoms. The van der Waals surface area contributed by atoms with Crippen molar-refractivity contribution in [3.8, 4) is 33.4 Å². The van der Waals surface area contributed by atoms with Crippen LogP contribution < -0.4 is 0 Å².